The summed E-state index contributed by atoms with van der Waals surface area (Å²) in [4.78, 5) is 17.8. The maximum atomic E-state index is 11.5. The van der Waals surface area contributed by atoms with Crippen LogP contribution in [0.25, 0.3) is 0 Å². The van der Waals surface area contributed by atoms with Gasteiger partial charge in [-0.05, 0) is 26.0 Å². The predicted molar refractivity (Wildman–Crippen MR) is 55.5 cm³/mol. The van der Waals surface area contributed by atoms with Crippen LogP contribution in [0.2, 0.25) is 0 Å². The number of pyridine rings is 1. The van der Waals surface area contributed by atoms with Crippen molar-refractivity contribution in [1.82, 2.24) is 4.98 Å². The zero-order valence-electron chi connectivity index (χ0n) is 8.53. The van der Waals surface area contributed by atoms with Crippen LogP contribution in [0.4, 0.5) is 11.5 Å². The van der Waals surface area contributed by atoms with Crippen molar-refractivity contribution in [1.29, 1.82) is 0 Å². The standard InChI is InChI=1S/C10H13N3O/c1-6-4-5-8-9(11-6)13(3)7(2)10(14)12-8/h4-5,7H,1-3H3,(H,12,14). The van der Waals surface area contributed by atoms with Crippen LogP contribution in [0.3, 0.4) is 0 Å². The van der Waals surface area contributed by atoms with E-state index in [1.54, 1.807) is 0 Å². The van der Waals surface area contributed by atoms with E-state index in [4.69, 9.17) is 0 Å². The van der Waals surface area contributed by atoms with Crippen molar-refractivity contribution >= 4 is 17.4 Å². The number of hydrogen-bond acceptors (Lipinski definition) is 3. The third-order valence-electron chi connectivity index (χ3n) is 2.57. The van der Waals surface area contributed by atoms with Gasteiger partial charge in [0.05, 0.1) is 5.69 Å². The van der Waals surface area contributed by atoms with Crippen molar-refractivity contribution in [2.24, 2.45) is 0 Å². The second-order valence-corrected chi connectivity index (χ2v) is 3.60. The number of carbonyl (C=O) groups is 1. The second kappa shape index (κ2) is 2.97. The highest BCUT2D eigenvalue weighted by Gasteiger charge is 2.27. The number of likely N-dealkylation sites (N-methyl/N-ethyl adjacent to an activating group) is 1. The van der Waals surface area contributed by atoms with E-state index in [-0.39, 0.29) is 11.9 Å². The third-order valence-corrected chi connectivity index (χ3v) is 2.57. The first-order valence-corrected chi connectivity index (χ1v) is 4.61. The molecule has 0 radical (unpaired) electrons. The van der Waals surface area contributed by atoms with Crippen molar-refractivity contribution in [2.45, 2.75) is 19.9 Å². The molecule has 2 heterocycles. The molecule has 4 heteroatoms. The number of amides is 1. The molecular formula is C10H13N3O. The Bertz CT molecular complexity index is 389. The first-order chi connectivity index (χ1) is 6.59. The van der Waals surface area contributed by atoms with Gasteiger partial charge in [-0.2, -0.15) is 0 Å². The summed E-state index contributed by atoms with van der Waals surface area (Å²) < 4.78 is 0. The molecule has 1 amide bonds. The largest absolute Gasteiger partial charge is 0.346 e. The highest BCUT2D eigenvalue weighted by atomic mass is 16.2. The highest BCUT2D eigenvalue weighted by molar-refractivity contribution is 6.02. The Kier molecular flexibility index (Phi) is 1.91. The predicted octanol–water partition coefficient (Wildman–Crippen LogP) is 1.17. The molecule has 1 aliphatic heterocycles. The summed E-state index contributed by atoms with van der Waals surface area (Å²) in [6.07, 6.45) is 0. The van der Waals surface area contributed by atoms with Crippen LogP contribution in [0.1, 0.15) is 12.6 Å². The Hall–Kier alpha value is -1.58. The number of rotatable bonds is 0. The van der Waals surface area contributed by atoms with Crippen LogP contribution in [0, 0.1) is 6.92 Å². The van der Waals surface area contributed by atoms with E-state index in [1.165, 1.54) is 0 Å². The quantitative estimate of drug-likeness (QED) is 0.669. The van der Waals surface area contributed by atoms with Crippen molar-refractivity contribution < 1.29 is 4.79 Å². The molecule has 14 heavy (non-hydrogen) atoms. The molecule has 0 aromatic carbocycles. The van der Waals surface area contributed by atoms with Gasteiger partial charge < -0.3 is 10.2 Å². The lowest BCUT2D eigenvalue weighted by Crippen LogP contribution is -2.44. The van der Waals surface area contributed by atoms with Gasteiger partial charge in [0.2, 0.25) is 5.91 Å². The smallest absolute Gasteiger partial charge is 0.246 e. The molecule has 1 aromatic heterocycles. The summed E-state index contributed by atoms with van der Waals surface area (Å²) in [7, 11) is 1.88. The number of hydrogen-bond donors (Lipinski definition) is 1. The maximum Gasteiger partial charge on any atom is 0.246 e. The Balaban J connectivity index is 2.51. The number of aromatic nitrogens is 1. The van der Waals surface area contributed by atoms with Gasteiger partial charge in [-0.25, -0.2) is 4.98 Å². The Morgan fingerprint density at radius 3 is 2.93 bits per heavy atom. The van der Waals surface area contributed by atoms with E-state index in [0.717, 1.165) is 17.2 Å². The first-order valence-electron chi connectivity index (χ1n) is 4.61. The SMILES string of the molecule is Cc1ccc2c(n1)N(C)C(C)C(=O)N2. The number of carbonyl (C=O) groups excluding carboxylic acids is 1. The lowest BCUT2D eigenvalue weighted by atomic mass is 10.2. The van der Waals surface area contributed by atoms with Gasteiger partial charge in [-0.1, -0.05) is 0 Å². The van der Waals surface area contributed by atoms with Gasteiger partial charge in [-0.3, -0.25) is 4.79 Å². The fourth-order valence-corrected chi connectivity index (χ4v) is 1.51. The summed E-state index contributed by atoms with van der Waals surface area (Å²) in [5.41, 5.74) is 1.75. The molecule has 1 atom stereocenters. The third kappa shape index (κ3) is 1.23. The van der Waals surface area contributed by atoms with Crippen LogP contribution in [-0.2, 0) is 4.79 Å². The van der Waals surface area contributed by atoms with Crippen molar-refractivity contribution in [3.05, 3.63) is 17.8 Å². The normalized spacial score (nSPS) is 20.4. The van der Waals surface area contributed by atoms with E-state index >= 15 is 0 Å². The summed E-state index contributed by atoms with van der Waals surface area (Å²) in [5, 5.41) is 2.82. The minimum Gasteiger partial charge on any atom is -0.346 e. The zero-order valence-corrected chi connectivity index (χ0v) is 8.53. The van der Waals surface area contributed by atoms with E-state index < -0.39 is 0 Å². The molecule has 0 bridgehead atoms. The summed E-state index contributed by atoms with van der Waals surface area (Å²) in [5.74, 6) is 0.864. The average Bonchev–Trinajstić information content (AvgIpc) is 2.16. The molecule has 1 aromatic rings. The minimum absolute atomic E-state index is 0.0191. The number of nitrogens with one attached hydrogen (secondary N) is 1. The van der Waals surface area contributed by atoms with Crippen molar-refractivity contribution in [3.8, 4) is 0 Å². The molecule has 1 unspecified atom stereocenters. The second-order valence-electron chi connectivity index (χ2n) is 3.60. The molecule has 4 nitrogen and oxygen atoms in total. The molecule has 2 rings (SSSR count). The highest BCUT2D eigenvalue weighted by Crippen LogP contribution is 2.28. The number of fused-ring (bicyclic) bond motifs is 1. The Morgan fingerprint density at radius 2 is 2.21 bits per heavy atom. The summed E-state index contributed by atoms with van der Waals surface area (Å²) in [6.45, 7) is 3.80. The van der Waals surface area contributed by atoms with Crippen molar-refractivity contribution in [2.75, 3.05) is 17.3 Å². The lowest BCUT2D eigenvalue weighted by Gasteiger charge is -2.31. The van der Waals surface area contributed by atoms with Crippen molar-refractivity contribution in [3.63, 3.8) is 0 Å². The molecule has 0 saturated carbocycles. The van der Waals surface area contributed by atoms with E-state index in [2.05, 4.69) is 10.3 Å². The average molecular weight is 191 g/mol. The van der Waals surface area contributed by atoms with E-state index in [9.17, 15) is 4.79 Å². The monoisotopic (exact) mass is 191 g/mol. The fourth-order valence-electron chi connectivity index (χ4n) is 1.51. The molecule has 0 fully saturated rings. The van der Waals surface area contributed by atoms with Crippen LogP contribution >= 0.6 is 0 Å². The first kappa shape index (κ1) is 8.99. The number of anilines is 2. The van der Waals surface area contributed by atoms with E-state index in [0.29, 0.717) is 0 Å². The van der Waals surface area contributed by atoms with Gasteiger partial charge in [-0.15, -0.1) is 0 Å². The molecule has 1 N–H and O–H groups in total. The van der Waals surface area contributed by atoms with Gasteiger partial charge in [0.15, 0.2) is 5.82 Å². The molecule has 74 valence electrons. The number of nitrogens with zero attached hydrogens (tertiary/aromatic N) is 2. The molecule has 0 spiro atoms. The molecular weight excluding hydrogens is 178 g/mol. The molecule has 0 saturated heterocycles. The zero-order chi connectivity index (χ0) is 10.3. The van der Waals surface area contributed by atoms with Crippen LogP contribution < -0.4 is 10.2 Å². The maximum absolute atomic E-state index is 11.5. The van der Waals surface area contributed by atoms with Gasteiger partial charge in [0.1, 0.15) is 6.04 Å². The number of aryl methyl sites for hydroxylation is 1. The summed E-state index contributed by atoms with van der Waals surface area (Å²) >= 11 is 0. The Labute approximate surface area is 82.9 Å². The molecule has 0 aliphatic carbocycles. The Morgan fingerprint density at radius 1 is 1.50 bits per heavy atom. The van der Waals surface area contributed by atoms with Gasteiger partial charge >= 0.3 is 0 Å². The van der Waals surface area contributed by atoms with Crippen LogP contribution in [-0.4, -0.2) is 24.0 Å². The van der Waals surface area contributed by atoms with Gasteiger partial charge in [0, 0.05) is 12.7 Å². The van der Waals surface area contributed by atoms with Crippen LogP contribution in [0.5, 0.6) is 0 Å². The summed E-state index contributed by atoms with van der Waals surface area (Å²) in [6, 6.07) is 3.62. The molecule has 1 aliphatic rings. The lowest BCUT2D eigenvalue weighted by molar-refractivity contribution is -0.117. The van der Waals surface area contributed by atoms with E-state index in [1.807, 2.05) is 37.9 Å². The topological polar surface area (TPSA) is 45.2 Å². The van der Waals surface area contributed by atoms with Gasteiger partial charge in [0.25, 0.3) is 0 Å². The van der Waals surface area contributed by atoms with Crippen LogP contribution in [0.15, 0.2) is 12.1 Å². The minimum atomic E-state index is -0.156. The fraction of sp³-hybridized carbons (Fsp3) is 0.400.